The third-order valence-corrected chi connectivity index (χ3v) is 6.53. The van der Waals surface area contributed by atoms with Crippen LogP contribution in [0.1, 0.15) is 43.9 Å². The molecule has 1 aliphatic heterocycles. The van der Waals surface area contributed by atoms with Gasteiger partial charge in [0.2, 0.25) is 5.76 Å². The van der Waals surface area contributed by atoms with Crippen molar-refractivity contribution in [1.29, 1.82) is 0 Å². The molecule has 0 aliphatic carbocycles. The number of phenols is 1. The topological polar surface area (TPSA) is 83.6 Å². The first-order chi connectivity index (χ1) is 14.3. The first-order valence-electron chi connectivity index (χ1n) is 9.49. The number of anilines is 1. The maximum Gasteiger partial charge on any atom is 0.297 e. The third-order valence-electron chi connectivity index (χ3n) is 5.46. The van der Waals surface area contributed by atoms with Crippen LogP contribution in [-0.4, -0.2) is 16.0 Å². The quantitative estimate of drug-likeness (QED) is 0.513. The molecule has 2 aromatic carbocycles. The highest BCUT2D eigenvalue weighted by molar-refractivity contribution is 7.15. The number of nitrogens with zero attached hydrogens (tertiary/aromatic N) is 2. The lowest BCUT2D eigenvalue weighted by molar-refractivity contribution is 0.0971. The second kappa shape index (κ2) is 6.53. The predicted octanol–water partition coefficient (Wildman–Crippen LogP) is 4.63. The summed E-state index contributed by atoms with van der Waals surface area (Å²) in [6.45, 7) is 5.74. The minimum absolute atomic E-state index is 0.0416. The number of benzene rings is 2. The Morgan fingerprint density at radius 1 is 1.07 bits per heavy atom. The smallest absolute Gasteiger partial charge is 0.297 e. The highest BCUT2D eigenvalue weighted by Gasteiger charge is 2.45. The minimum Gasteiger partial charge on any atom is -0.508 e. The molecule has 0 radical (unpaired) electrons. The van der Waals surface area contributed by atoms with Gasteiger partial charge in [-0.3, -0.25) is 14.5 Å². The third kappa shape index (κ3) is 2.66. The van der Waals surface area contributed by atoms with Crippen LogP contribution in [0.3, 0.4) is 0 Å². The molecule has 6 nitrogen and oxygen atoms in total. The van der Waals surface area contributed by atoms with Crippen molar-refractivity contribution < 1.29 is 14.3 Å². The number of aromatic hydroxyl groups is 1. The fraction of sp³-hybridized carbons (Fsp3) is 0.174. The van der Waals surface area contributed by atoms with Crippen LogP contribution in [0.25, 0.3) is 11.0 Å². The number of carbonyl (C=O) groups is 1. The van der Waals surface area contributed by atoms with E-state index in [1.807, 2.05) is 26.8 Å². The van der Waals surface area contributed by atoms with Gasteiger partial charge in [0.15, 0.2) is 10.6 Å². The largest absolute Gasteiger partial charge is 0.508 e. The molecule has 2 aromatic heterocycles. The normalized spacial score (nSPS) is 15.8. The van der Waals surface area contributed by atoms with E-state index in [9.17, 15) is 14.7 Å². The molecule has 150 valence electrons. The summed E-state index contributed by atoms with van der Waals surface area (Å²) in [6, 6.07) is 11.2. The predicted molar refractivity (Wildman–Crippen MR) is 116 cm³/mol. The summed E-state index contributed by atoms with van der Waals surface area (Å²) in [5, 5.41) is 10.7. The Balaban J connectivity index is 1.82. The fourth-order valence-corrected chi connectivity index (χ4v) is 4.75. The van der Waals surface area contributed by atoms with E-state index in [2.05, 4.69) is 4.98 Å². The van der Waals surface area contributed by atoms with Gasteiger partial charge in [0.05, 0.1) is 22.7 Å². The molecular weight excluding hydrogens is 400 g/mol. The molecule has 1 aliphatic rings. The van der Waals surface area contributed by atoms with Gasteiger partial charge in [-0.25, -0.2) is 4.98 Å². The van der Waals surface area contributed by atoms with E-state index in [1.54, 1.807) is 36.4 Å². The summed E-state index contributed by atoms with van der Waals surface area (Å²) in [6.07, 6.45) is 0. The lowest BCUT2D eigenvalue weighted by atomic mass is 9.98. The molecule has 4 aromatic rings. The SMILES string of the molecule is Cc1ccc2oc3c(c(=O)c2c1)[C@H](c1ccc(O)cc1)N(c1nc(C)c(C)s1)C3=O. The zero-order valence-corrected chi connectivity index (χ0v) is 17.4. The second-order valence-corrected chi connectivity index (χ2v) is 8.66. The summed E-state index contributed by atoms with van der Waals surface area (Å²) >= 11 is 1.40. The lowest BCUT2D eigenvalue weighted by Gasteiger charge is -2.22. The average molecular weight is 418 g/mol. The van der Waals surface area contributed by atoms with Crippen molar-refractivity contribution >= 4 is 33.3 Å². The fourth-order valence-electron chi connectivity index (χ4n) is 3.81. The number of amides is 1. The zero-order chi connectivity index (χ0) is 21.2. The van der Waals surface area contributed by atoms with Gasteiger partial charge in [-0.05, 0) is 50.6 Å². The van der Waals surface area contributed by atoms with E-state index < -0.39 is 11.9 Å². The highest BCUT2D eigenvalue weighted by atomic mass is 32.1. The molecule has 0 saturated heterocycles. The van der Waals surface area contributed by atoms with Gasteiger partial charge in [0, 0.05) is 4.88 Å². The van der Waals surface area contributed by atoms with Crippen LogP contribution in [0.5, 0.6) is 5.75 Å². The number of phenolic OH excluding ortho intramolecular Hbond substituents is 1. The molecule has 1 N–H and O–H groups in total. The Bertz CT molecular complexity index is 1370. The van der Waals surface area contributed by atoms with Crippen molar-refractivity contribution in [1.82, 2.24) is 4.98 Å². The number of rotatable bonds is 2. The maximum atomic E-state index is 13.5. The van der Waals surface area contributed by atoms with E-state index in [1.165, 1.54) is 16.2 Å². The summed E-state index contributed by atoms with van der Waals surface area (Å²) in [5.74, 6) is -0.242. The molecule has 0 bridgehead atoms. The van der Waals surface area contributed by atoms with Gasteiger partial charge in [-0.2, -0.15) is 0 Å². The van der Waals surface area contributed by atoms with Crippen LogP contribution in [-0.2, 0) is 0 Å². The van der Waals surface area contributed by atoms with Crippen LogP contribution < -0.4 is 10.3 Å². The summed E-state index contributed by atoms with van der Waals surface area (Å²) in [7, 11) is 0. The van der Waals surface area contributed by atoms with Crippen molar-refractivity contribution in [2.45, 2.75) is 26.8 Å². The molecule has 7 heteroatoms. The number of aromatic nitrogens is 1. The van der Waals surface area contributed by atoms with E-state index >= 15 is 0 Å². The first-order valence-corrected chi connectivity index (χ1v) is 10.3. The average Bonchev–Trinajstić information content (AvgIpc) is 3.20. The Morgan fingerprint density at radius 3 is 2.47 bits per heavy atom. The number of hydrogen-bond acceptors (Lipinski definition) is 6. The molecule has 0 spiro atoms. The standard InChI is InChI=1S/C23H18N2O4S/c1-11-4-9-17-16(10-11)20(27)18-19(14-5-7-15(26)8-6-14)25(22(28)21(18)29-17)23-24-12(2)13(3)30-23/h4-10,19,26H,1-3H3/t19-/m0/s1. The molecule has 0 saturated carbocycles. The maximum absolute atomic E-state index is 13.5. The minimum atomic E-state index is -0.681. The summed E-state index contributed by atoms with van der Waals surface area (Å²) < 4.78 is 5.95. The number of fused-ring (bicyclic) bond motifs is 2. The Labute approximate surface area is 176 Å². The van der Waals surface area contributed by atoms with Crippen LogP contribution in [0.4, 0.5) is 5.13 Å². The van der Waals surface area contributed by atoms with Crippen molar-refractivity contribution in [3.8, 4) is 5.75 Å². The van der Waals surface area contributed by atoms with Crippen LogP contribution >= 0.6 is 11.3 Å². The number of aryl methyl sites for hydroxylation is 3. The van der Waals surface area contributed by atoms with Crippen molar-refractivity contribution in [3.05, 3.63) is 85.7 Å². The Morgan fingerprint density at radius 2 is 1.80 bits per heavy atom. The molecule has 5 rings (SSSR count). The van der Waals surface area contributed by atoms with Crippen molar-refractivity contribution in [2.24, 2.45) is 0 Å². The van der Waals surface area contributed by atoms with Crippen molar-refractivity contribution in [2.75, 3.05) is 4.90 Å². The zero-order valence-electron chi connectivity index (χ0n) is 16.6. The van der Waals surface area contributed by atoms with E-state index in [0.717, 1.165) is 16.1 Å². The van der Waals surface area contributed by atoms with Crippen LogP contribution in [0, 0.1) is 20.8 Å². The van der Waals surface area contributed by atoms with Crippen molar-refractivity contribution in [3.63, 3.8) is 0 Å². The van der Waals surface area contributed by atoms with Gasteiger partial charge in [-0.1, -0.05) is 23.8 Å². The van der Waals surface area contributed by atoms with Crippen LogP contribution in [0.2, 0.25) is 0 Å². The molecule has 0 unspecified atom stereocenters. The second-order valence-electron chi connectivity index (χ2n) is 7.48. The number of hydrogen-bond donors (Lipinski definition) is 1. The van der Waals surface area contributed by atoms with E-state index in [-0.39, 0.29) is 16.9 Å². The highest BCUT2D eigenvalue weighted by Crippen LogP contribution is 2.43. The van der Waals surface area contributed by atoms with Crippen LogP contribution in [0.15, 0.2) is 51.7 Å². The summed E-state index contributed by atoms with van der Waals surface area (Å²) in [4.78, 5) is 34.0. The first kappa shape index (κ1) is 18.6. The van der Waals surface area contributed by atoms with Gasteiger partial charge in [0.1, 0.15) is 11.3 Å². The van der Waals surface area contributed by atoms with Gasteiger partial charge in [0.25, 0.3) is 5.91 Å². The number of carbonyl (C=O) groups excluding carboxylic acids is 1. The lowest BCUT2D eigenvalue weighted by Crippen LogP contribution is -2.29. The molecule has 30 heavy (non-hydrogen) atoms. The molecule has 1 atom stereocenters. The van der Waals surface area contributed by atoms with Gasteiger partial charge in [-0.15, -0.1) is 11.3 Å². The molecule has 3 heterocycles. The summed E-state index contributed by atoms with van der Waals surface area (Å²) in [5.41, 5.74) is 2.93. The monoisotopic (exact) mass is 418 g/mol. The van der Waals surface area contributed by atoms with Gasteiger partial charge < -0.3 is 9.52 Å². The van der Waals surface area contributed by atoms with E-state index in [4.69, 9.17) is 4.42 Å². The van der Waals surface area contributed by atoms with E-state index in [0.29, 0.717) is 27.2 Å². The molecule has 1 amide bonds. The Kier molecular flexibility index (Phi) is 4.04. The molecule has 0 fully saturated rings. The molecular formula is C23H18N2O4S. The Hall–Kier alpha value is -3.45. The van der Waals surface area contributed by atoms with Gasteiger partial charge >= 0.3 is 0 Å². The number of thiazole rings is 1.